The molecule has 4 rings (SSSR count). The van der Waals surface area contributed by atoms with Crippen molar-refractivity contribution in [1.82, 2.24) is 19.9 Å². The summed E-state index contributed by atoms with van der Waals surface area (Å²) in [6.07, 6.45) is -3.50. The van der Waals surface area contributed by atoms with Gasteiger partial charge in [-0.1, -0.05) is 47.0 Å². The molecule has 2 aromatic heterocycles. The van der Waals surface area contributed by atoms with E-state index in [1.165, 1.54) is 11.3 Å². The van der Waals surface area contributed by atoms with Crippen molar-refractivity contribution in [2.24, 2.45) is 0 Å². The highest BCUT2D eigenvalue weighted by atomic mass is 35.5. The minimum absolute atomic E-state index is 0.125. The number of hydrogen-bond donors (Lipinski definition) is 2. The number of nitrogens with zero attached hydrogens (tertiary/aromatic N) is 5. The summed E-state index contributed by atoms with van der Waals surface area (Å²) in [5, 5.41) is 1.23. The Bertz CT molecular complexity index is 1130. The first-order valence-electron chi connectivity index (χ1n) is 10.5. The first-order valence-corrected chi connectivity index (χ1v) is 12.7. The summed E-state index contributed by atoms with van der Waals surface area (Å²) >= 11 is 9.17. The number of likely N-dealkylation sites (N-methyl/N-ethyl adjacent to an activating group) is 1. The summed E-state index contributed by atoms with van der Waals surface area (Å²) in [7, 11) is 2.09. The fourth-order valence-electron chi connectivity index (χ4n) is 3.39. The van der Waals surface area contributed by atoms with Crippen LogP contribution >= 0.6 is 34.9 Å². The lowest BCUT2D eigenvalue weighted by atomic mass is 10.1. The summed E-state index contributed by atoms with van der Waals surface area (Å²) in [4.78, 5) is 18.6. The van der Waals surface area contributed by atoms with Gasteiger partial charge in [-0.3, -0.25) is 0 Å². The SMILES string of the molecule is CN1CCN(c2nc(-c3cccc(NSCCC(F)(F)F)c3Cl)c(-c3ccnc(N)n3)s2)CC1. The van der Waals surface area contributed by atoms with E-state index in [1.54, 1.807) is 24.4 Å². The lowest BCUT2D eigenvalue weighted by molar-refractivity contribution is -0.129. The molecule has 1 saturated heterocycles. The highest BCUT2D eigenvalue weighted by molar-refractivity contribution is 8.00. The van der Waals surface area contributed by atoms with Gasteiger partial charge in [0.1, 0.15) is 0 Å². The van der Waals surface area contributed by atoms with Crippen LogP contribution in [0.5, 0.6) is 0 Å². The minimum Gasteiger partial charge on any atom is -0.368 e. The summed E-state index contributed by atoms with van der Waals surface area (Å²) < 4.78 is 40.3. The number of nitrogens with one attached hydrogen (secondary N) is 1. The summed E-state index contributed by atoms with van der Waals surface area (Å²) in [5.74, 6) is 0.0281. The van der Waals surface area contributed by atoms with Gasteiger partial charge in [0.15, 0.2) is 5.13 Å². The molecule has 0 radical (unpaired) electrons. The van der Waals surface area contributed by atoms with E-state index in [0.29, 0.717) is 27.7 Å². The topological polar surface area (TPSA) is 83.2 Å². The number of piperazine rings is 1. The molecule has 0 bridgehead atoms. The number of halogens is 4. The van der Waals surface area contributed by atoms with Crippen LogP contribution in [-0.4, -0.2) is 65.0 Å². The fourth-order valence-corrected chi connectivity index (χ4v) is 5.57. The largest absolute Gasteiger partial charge is 0.389 e. The number of thiazole rings is 1. The summed E-state index contributed by atoms with van der Waals surface area (Å²) in [6, 6.07) is 7.12. The highest BCUT2D eigenvalue weighted by Crippen LogP contribution is 2.44. The molecule has 182 valence electrons. The highest BCUT2D eigenvalue weighted by Gasteiger charge is 2.27. The molecule has 0 spiro atoms. The van der Waals surface area contributed by atoms with Gasteiger partial charge in [0.05, 0.1) is 33.4 Å². The number of aromatic nitrogens is 3. The van der Waals surface area contributed by atoms with Crippen molar-refractivity contribution in [2.45, 2.75) is 12.6 Å². The van der Waals surface area contributed by atoms with Crippen molar-refractivity contribution < 1.29 is 13.2 Å². The third-order valence-corrected chi connectivity index (χ3v) is 7.54. The van der Waals surface area contributed by atoms with Crippen molar-refractivity contribution in [3.63, 3.8) is 0 Å². The van der Waals surface area contributed by atoms with Gasteiger partial charge < -0.3 is 20.3 Å². The molecular weight excluding hydrogens is 507 g/mol. The number of benzene rings is 1. The molecule has 3 heterocycles. The Morgan fingerprint density at radius 2 is 1.94 bits per heavy atom. The smallest absolute Gasteiger partial charge is 0.368 e. The predicted molar refractivity (Wildman–Crippen MR) is 134 cm³/mol. The van der Waals surface area contributed by atoms with E-state index >= 15 is 0 Å². The van der Waals surface area contributed by atoms with Crippen LogP contribution in [0, 0.1) is 0 Å². The third kappa shape index (κ3) is 6.04. The number of nitrogen functional groups attached to an aromatic ring is 1. The number of anilines is 3. The molecule has 1 aliphatic rings. The van der Waals surface area contributed by atoms with Gasteiger partial charge in [-0.15, -0.1) is 0 Å². The molecule has 3 N–H and O–H groups in total. The maximum Gasteiger partial charge on any atom is 0.389 e. The zero-order valence-corrected chi connectivity index (χ0v) is 20.7. The van der Waals surface area contributed by atoms with Gasteiger partial charge in [0.2, 0.25) is 5.95 Å². The first kappa shape index (κ1) is 24.8. The van der Waals surface area contributed by atoms with Crippen molar-refractivity contribution >= 4 is 51.7 Å². The van der Waals surface area contributed by atoms with Crippen molar-refractivity contribution in [3.8, 4) is 21.8 Å². The van der Waals surface area contributed by atoms with Crippen LogP contribution in [0.4, 0.5) is 29.9 Å². The van der Waals surface area contributed by atoms with Crippen LogP contribution in [0.2, 0.25) is 5.02 Å². The van der Waals surface area contributed by atoms with Gasteiger partial charge in [-0.25, -0.2) is 15.0 Å². The van der Waals surface area contributed by atoms with Crippen LogP contribution in [-0.2, 0) is 0 Å². The molecule has 0 amide bonds. The minimum atomic E-state index is -4.20. The van der Waals surface area contributed by atoms with E-state index in [1.807, 2.05) is 6.07 Å². The van der Waals surface area contributed by atoms with Gasteiger partial charge in [0.25, 0.3) is 0 Å². The molecule has 0 aliphatic carbocycles. The van der Waals surface area contributed by atoms with Gasteiger partial charge in [-0.05, 0) is 19.2 Å². The second kappa shape index (κ2) is 10.5. The lowest BCUT2D eigenvalue weighted by Crippen LogP contribution is -2.44. The zero-order chi connectivity index (χ0) is 24.3. The molecule has 3 aromatic rings. The molecule has 0 saturated carbocycles. The van der Waals surface area contributed by atoms with Gasteiger partial charge in [-0.2, -0.15) is 13.2 Å². The van der Waals surface area contributed by atoms with Crippen LogP contribution in [0.1, 0.15) is 6.42 Å². The zero-order valence-electron chi connectivity index (χ0n) is 18.3. The number of hydrogen-bond acceptors (Lipinski definition) is 9. The molecule has 1 aliphatic heterocycles. The van der Waals surface area contributed by atoms with Crippen LogP contribution in [0.3, 0.4) is 0 Å². The Morgan fingerprint density at radius 1 is 1.18 bits per heavy atom. The van der Waals surface area contributed by atoms with E-state index in [-0.39, 0.29) is 11.7 Å². The average molecular weight is 530 g/mol. The van der Waals surface area contributed by atoms with E-state index in [0.717, 1.165) is 48.1 Å². The number of rotatable bonds is 7. The van der Waals surface area contributed by atoms with E-state index in [2.05, 4.69) is 31.5 Å². The van der Waals surface area contributed by atoms with Crippen LogP contribution < -0.4 is 15.4 Å². The van der Waals surface area contributed by atoms with Crippen molar-refractivity contribution in [2.75, 3.05) is 54.3 Å². The molecule has 0 unspecified atom stereocenters. The van der Waals surface area contributed by atoms with Crippen LogP contribution in [0.25, 0.3) is 21.8 Å². The summed E-state index contributed by atoms with van der Waals surface area (Å²) in [6.45, 7) is 3.56. The Hall–Kier alpha value is -2.28. The van der Waals surface area contributed by atoms with Gasteiger partial charge >= 0.3 is 6.18 Å². The van der Waals surface area contributed by atoms with E-state index in [4.69, 9.17) is 22.3 Å². The fraction of sp³-hybridized carbons (Fsp3) is 0.381. The van der Waals surface area contributed by atoms with Crippen molar-refractivity contribution in [1.29, 1.82) is 0 Å². The molecule has 1 fully saturated rings. The molecule has 7 nitrogen and oxygen atoms in total. The summed E-state index contributed by atoms with van der Waals surface area (Å²) in [5.41, 5.74) is 8.29. The normalized spacial score (nSPS) is 15.0. The Kier molecular flexibility index (Phi) is 7.70. The molecule has 0 atom stereocenters. The lowest BCUT2D eigenvalue weighted by Gasteiger charge is -2.32. The van der Waals surface area contributed by atoms with Crippen LogP contribution in [0.15, 0.2) is 30.5 Å². The Labute approximate surface area is 208 Å². The maximum absolute atomic E-state index is 12.5. The molecule has 1 aromatic carbocycles. The standard InChI is InChI=1S/C21H23ClF3N7S2/c1-31-8-10-32(11-9-31)20-29-17(18(34-20)15-5-7-27-19(26)28-15)13-3-2-4-14(16(13)22)30-33-12-6-21(23,24)25/h2-5,7,30H,6,8-12H2,1H3,(H2,26,27,28). The second-order valence-corrected chi connectivity index (χ2v) is 10.0. The number of nitrogens with two attached hydrogens (primary N) is 1. The Balaban J connectivity index is 1.67. The monoisotopic (exact) mass is 529 g/mol. The predicted octanol–water partition coefficient (Wildman–Crippen LogP) is 5.27. The maximum atomic E-state index is 12.5. The van der Waals surface area contributed by atoms with E-state index < -0.39 is 12.6 Å². The molecule has 13 heteroatoms. The third-order valence-electron chi connectivity index (χ3n) is 5.22. The van der Waals surface area contributed by atoms with E-state index in [9.17, 15) is 13.2 Å². The van der Waals surface area contributed by atoms with Gasteiger partial charge in [0, 0.05) is 43.7 Å². The average Bonchev–Trinajstić information content (AvgIpc) is 3.23. The molecule has 34 heavy (non-hydrogen) atoms. The first-order chi connectivity index (χ1) is 16.2. The number of alkyl halides is 3. The quantitative estimate of drug-likeness (QED) is 0.316. The Morgan fingerprint density at radius 3 is 2.65 bits per heavy atom. The second-order valence-electron chi connectivity index (χ2n) is 7.75. The molecular formula is C21H23ClF3N7S2. The van der Waals surface area contributed by atoms with Crippen molar-refractivity contribution in [3.05, 3.63) is 35.5 Å².